The van der Waals surface area contributed by atoms with Gasteiger partial charge in [-0.15, -0.1) is 0 Å². The Labute approximate surface area is 120 Å². The number of hydrogen-bond donors (Lipinski definition) is 0. The summed E-state index contributed by atoms with van der Waals surface area (Å²) in [6.07, 6.45) is 0. The molecule has 0 aliphatic rings. The Morgan fingerprint density at radius 1 is 1.18 bits per heavy atom. The quantitative estimate of drug-likeness (QED) is 0.720. The molecule has 0 aliphatic carbocycles. The third kappa shape index (κ3) is 3.05. The minimum absolute atomic E-state index is 0.192. The molecule has 5 heteroatoms. The molecule has 0 radical (unpaired) electrons. The van der Waals surface area contributed by atoms with E-state index in [1.54, 1.807) is 25.6 Å². The molecule has 0 fully saturated rings. The molecule has 0 amide bonds. The third-order valence-electron chi connectivity index (χ3n) is 2.10. The van der Waals surface area contributed by atoms with Crippen molar-refractivity contribution in [3.8, 4) is 11.5 Å². The van der Waals surface area contributed by atoms with Crippen LogP contribution >= 0.6 is 22.9 Å². The summed E-state index contributed by atoms with van der Waals surface area (Å²) in [5, 5.41) is 2.63. The zero-order valence-electron chi connectivity index (χ0n) is 9.37. The molecule has 2 aromatic rings. The van der Waals surface area contributed by atoms with E-state index in [0.717, 1.165) is 0 Å². The van der Waals surface area contributed by atoms with Gasteiger partial charge in [-0.05, 0) is 11.4 Å². The van der Waals surface area contributed by atoms with Crippen molar-refractivity contribution in [1.82, 2.24) is 0 Å². The number of thiophene rings is 1. The molecule has 17 heavy (non-hydrogen) atoms. The number of hydrogen-bond acceptors (Lipinski definition) is 3. The predicted octanol–water partition coefficient (Wildman–Crippen LogP) is 0.547. The molecule has 1 aromatic heterocycles. The van der Waals surface area contributed by atoms with Gasteiger partial charge in [0.25, 0.3) is 0 Å². The summed E-state index contributed by atoms with van der Waals surface area (Å²) < 4.78 is 13.2. The van der Waals surface area contributed by atoms with E-state index in [9.17, 15) is 0 Å². The average Bonchev–Trinajstić information content (AvgIpc) is 2.84. The Morgan fingerprint density at radius 3 is 2.29 bits per heavy atom. The van der Waals surface area contributed by atoms with Crippen LogP contribution in [0.2, 0.25) is 5.02 Å². The lowest BCUT2D eigenvalue weighted by Crippen LogP contribution is -3.61. The highest BCUT2D eigenvalue weighted by molar-refractivity contribution is 7.07. The standard InChI is InChI=1S/C12H11ClIO2S/c1-15-9-6-8(7-10(16-2)12(9)13)14-11-4-3-5-17-11/h3-7H,1-2H3/q+1. The van der Waals surface area contributed by atoms with Crippen LogP contribution in [0.25, 0.3) is 0 Å². The maximum Gasteiger partial charge on any atom is 0.370 e. The van der Waals surface area contributed by atoms with E-state index in [-0.39, 0.29) is 21.2 Å². The summed E-state index contributed by atoms with van der Waals surface area (Å²) in [4.78, 5) is 0. The fourth-order valence-corrected chi connectivity index (χ4v) is 5.36. The van der Waals surface area contributed by atoms with Gasteiger partial charge in [0.2, 0.25) is 6.45 Å². The lowest BCUT2D eigenvalue weighted by atomic mass is 10.3. The third-order valence-corrected chi connectivity index (χ3v) is 6.54. The van der Waals surface area contributed by atoms with Gasteiger partial charge in [0.05, 0.1) is 14.2 Å². The molecule has 0 unspecified atom stereocenters. The monoisotopic (exact) mass is 381 g/mol. The first-order valence-electron chi connectivity index (χ1n) is 4.84. The molecule has 0 atom stereocenters. The Morgan fingerprint density at radius 2 is 1.82 bits per heavy atom. The fraction of sp³-hybridized carbons (Fsp3) is 0.167. The number of ether oxygens (including phenoxy) is 2. The molecular weight excluding hydrogens is 371 g/mol. The van der Waals surface area contributed by atoms with Gasteiger partial charge in [0, 0.05) is 18.2 Å². The van der Waals surface area contributed by atoms with Crippen LogP contribution < -0.4 is 30.7 Å². The summed E-state index contributed by atoms with van der Waals surface area (Å²) in [5.41, 5.74) is 0. The predicted molar refractivity (Wildman–Crippen MR) is 66.3 cm³/mol. The van der Waals surface area contributed by atoms with E-state index in [4.69, 9.17) is 21.1 Å². The van der Waals surface area contributed by atoms with E-state index in [2.05, 4.69) is 17.5 Å². The topological polar surface area (TPSA) is 18.5 Å². The summed E-state index contributed by atoms with van der Waals surface area (Å²) >= 11 is 7.72. The maximum atomic E-state index is 6.13. The average molecular weight is 382 g/mol. The molecular formula is C12H11ClIO2S+. The molecule has 0 saturated carbocycles. The Hall–Kier alpha value is -0.460. The number of rotatable bonds is 4. The van der Waals surface area contributed by atoms with Crippen molar-refractivity contribution in [3.05, 3.63) is 41.1 Å². The smallest absolute Gasteiger partial charge is 0.370 e. The Kier molecular flexibility index (Phi) is 4.53. The number of methoxy groups -OCH3 is 2. The summed E-state index contributed by atoms with van der Waals surface area (Å²) in [7, 11) is 3.24. The van der Waals surface area contributed by atoms with Crippen LogP contribution in [-0.2, 0) is 0 Å². The first-order valence-corrected chi connectivity index (χ1v) is 8.26. The summed E-state index contributed by atoms with van der Waals surface area (Å²) in [6, 6.07) is 8.23. The molecule has 0 spiro atoms. The minimum Gasteiger partial charge on any atom is -0.495 e. The van der Waals surface area contributed by atoms with Crippen LogP contribution in [0.1, 0.15) is 0 Å². The van der Waals surface area contributed by atoms with Gasteiger partial charge >= 0.3 is 21.2 Å². The lowest BCUT2D eigenvalue weighted by Gasteiger charge is -2.06. The zero-order chi connectivity index (χ0) is 12.3. The van der Waals surface area contributed by atoms with Crippen LogP contribution in [0.15, 0.2) is 29.6 Å². The highest BCUT2D eigenvalue weighted by Gasteiger charge is 2.21. The molecule has 90 valence electrons. The van der Waals surface area contributed by atoms with E-state index < -0.39 is 0 Å². The molecule has 0 saturated heterocycles. The Bertz CT molecular complexity index is 474. The van der Waals surface area contributed by atoms with Gasteiger partial charge < -0.3 is 9.47 Å². The first kappa shape index (κ1) is 13.0. The number of benzene rings is 1. The second-order valence-electron chi connectivity index (χ2n) is 3.14. The minimum atomic E-state index is -0.192. The van der Waals surface area contributed by atoms with Gasteiger partial charge in [-0.25, -0.2) is 0 Å². The zero-order valence-corrected chi connectivity index (χ0v) is 13.1. The van der Waals surface area contributed by atoms with Crippen molar-refractivity contribution in [1.29, 1.82) is 0 Å². The fourth-order valence-electron chi connectivity index (χ4n) is 1.31. The van der Waals surface area contributed by atoms with Crippen LogP contribution in [0, 0.1) is 6.45 Å². The maximum absolute atomic E-state index is 6.13. The molecule has 1 aromatic carbocycles. The summed E-state index contributed by atoms with van der Waals surface area (Å²) in [6.45, 7) is 0. The molecule has 0 N–H and O–H groups in total. The molecule has 1 heterocycles. The van der Waals surface area contributed by atoms with Crippen molar-refractivity contribution in [2.45, 2.75) is 0 Å². The van der Waals surface area contributed by atoms with E-state index in [1.807, 2.05) is 12.1 Å². The highest BCUT2D eigenvalue weighted by atomic mass is 127. The highest BCUT2D eigenvalue weighted by Crippen LogP contribution is 2.33. The van der Waals surface area contributed by atoms with Gasteiger partial charge in [0.1, 0.15) is 16.5 Å². The summed E-state index contributed by atoms with van der Waals surface area (Å²) in [5.74, 6) is 1.36. The van der Waals surface area contributed by atoms with Crippen molar-refractivity contribution in [2.24, 2.45) is 0 Å². The second kappa shape index (κ2) is 5.93. The van der Waals surface area contributed by atoms with Crippen molar-refractivity contribution < 1.29 is 30.7 Å². The first-order chi connectivity index (χ1) is 8.24. The van der Waals surface area contributed by atoms with E-state index in [0.29, 0.717) is 16.5 Å². The SMILES string of the molecule is COc1cc([I+]c2cccs2)cc(OC)c1Cl. The molecule has 2 nitrogen and oxygen atoms in total. The van der Waals surface area contributed by atoms with Crippen LogP contribution in [0.4, 0.5) is 0 Å². The van der Waals surface area contributed by atoms with Crippen molar-refractivity contribution >= 4 is 22.9 Å². The van der Waals surface area contributed by atoms with Gasteiger partial charge in [-0.1, -0.05) is 22.9 Å². The van der Waals surface area contributed by atoms with E-state index in [1.165, 1.54) is 6.45 Å². The Balaban J connectivity index is 2.34. The number of halogens is 2. The van der Waals surface area contributed by atoms with Crippen LogP contribution in [0.5, 0.6) is 11.5 Å². The second-order valence-corrected chi connectivity index (χ2v) is 8.14. The van der Waals surface area contributed by atoms with Crippen molar-refractivity contribution in [3.63, 3.8) is 0 Å². The van der Waals surface area contributed by atoms with Gasteiger partial charge in [-0.2, -0.15) is 0 Å². The van der Waals surface area contributed by atoms with Gasteiger partial charge in [-0.3, -0.25) is 0 Å². The lowest BCUT2D eigenvalue weighted by molar-refractivity contribution is -0.591. The largest absolute Gasteiger partial charge is 0.495 e. The van der Waals surface area contributed by atoms with Crippen LogP contribution in [0.3, 0.4) is 0 Å². The van der Waals surface area contributed by atoms with Gasteiger partial charge in [0.15, 0.2) is 0 Å². The van der Waals surface area contributed by atoms with E-state index >= 15 is 0 Å². The molecule has 2 rings (SSSR count). The normalized spacial score (nSPS) is 10.3. The van der Waals surface area contributed by atoms with Crippen LogP contribution in [-0.4, -0.2) is 14.2 Å². The van der Waals surface area contributed by atoms with Crippen molar-refractivity contribution in [2.75, 3.05) is 14.2 Å². The molecule has 0 bridgehead atoms. The molecule has 0 aliphatic heterocycles.